The second kappa shape index (κ2) is 3.49. The van der Waals surface area contributed by atoms with Crippen molar-refractivity contribution in [2.75, 3.05) is 0 Å². The van der Waals surface area contributed by atoms with E-state index in [1.54, 1.807) is 11.3 Å². The van der Waals surface area contributed by atoms with Crippen LogP contribution in [0.15, 0.2) is 17.6 Å². The summed E-state index contributed by atoms with van der Waals surface area (Å²) in [6.45, 7) is 2.17. The lowest BCUT2D eigenvalue weighted by Crippen LogP contribution is -1.97. The third-order valence-electron chi connectivity index (χ3n) is 2.69. The topological polar surface area (TPSA) is 22.1 Å². The van der Waals surface area contributed by atoms with Crippen molar-refractivity contribution < 1.29 is 4.74 Å². The van der Waals surface area contributed by atoms with Crippen LogP contribution < -0.4 is 4.74 Å². The minimum absolute atomic E-state index is 0.446. The molecule has 0 spiro atoms. The van der Waals surface area contributed by atoms with Crippen LogP contribution in [0.4, 0.5) is 0 Å². The minimum Gasteiger partial charge on any atom is -0.488 e. The van der Waals surface area contributed by atoms with E-state index >= 15 is 0 Å². The van der Waals surface area contributed by atoms with Crippen molar-refractivity contribution in [2.24, 2.45) is 0 Å². The summed E-state index contributed by atoms with van der Waals surface area (Å²) < 4.78 is 7.12. The highest BCUT2D eigenvalue weighted by molar-refractivity contribution is 7.16. The van der Waals surface area contributed by atoms with E-state index in [4.69, 9.17) is 4.74 Å². The molecule has 0 saturated heterocycles. The van der Waals surface area contributed by atoms with Crippen LogP contribution in [0.25, 0.3) is 10.2 Å². The highest BCUT2D eigenvalue weighted by atomic mass is 32.1. The van der Waals surface area contributed by atoms with E-state index < -0.39 is 0 Å². The Labute approximate surface area is 92.9 Å². The van der Waals surface area contributed by atoms with Gasteiger partial charge in [0.1, 0.15) is 11.3 Å². The van der Waals surface area contributed by atoms with E-state index in [0.29, 0.717) is 6.10 Å². The molecule has 2 nitrogen and oxygen atoms in total. The Morgan fingerprint density at radius 2 is 2.33 bits per heavy atom. The number of hydrogen-bond acceptors (Lipinski definition) is 3. The molecular weight excluding hydrogens is 206 g/mol. The fraction of sp³-hybridized carbons (Fsp3) is 0.417. The highest BCUT2D eigenvalue weighted by Gasteiger charge is 2.24. The Bertz CT molecular complexity index is 487. The molecule has 1 heterocycles. The quantitative estimate of drug-likeness (QED) is 0.789. The maximum Gasteiger partial charge on any atom is 0.147 e. The molecule has 0 atom stereocenters. The summed E-state index contributed by atoms with van der Waals surface area (Å²) in [7, 11) is 0. The molecule has 2 aromatic rings. The Morgan fingerprint density at radius 3 is 3.07 bits per heavy atom. The first-order valence-corrected chi connectivity index (χ1v) is 6.27. The third-order valence-corrected chi connectivity index (χ3v) is 3.46. The van der Waals surface area contributed by atoms with Gasteiger partial charge in [0.05, 0.1) is 16.3 Å². The average Bonchev–Trinajstić information content (AvgIpc) is 2.93. The van der Waals surface area contributed by atoms with Crippen LogP contribution in [0, 0.1) is 0 Å². The fourth-order valence-electron chi connectivity index (χ4n) is 1.65. The van der Waals surface area contributed by atoms with Crippen LogP contribution in [0.5, 0.6) is 5.75 Å². The van der Waals surface area contributed by atoms with E-state index in [9.17, 15) is 0 Å². The van der Waals surface area contributed by atoms with Crippen molar-refractivity contribution in [3.63, 3.8) is 0 Å². The molecule has 3 rings (SSSR count). The van der Waals surface area contributed by atoms with Gasteiger partial charge in [-0.25, -0.2) is 4.98 Å². The molecule has 1 aliphatic carbocycles. The number of ether oxygens (including phenoxy) is 1. The number of thiazole rings is 1. The summed E-state index contributed by atoms with van der Waals surface area (Å²) in [5.74, 6) is 0.980. The van der Waals surface area contributed by atoms with Crippen molar-refractivity contribution in [1.29, 1.82) is 0 Å². The lowest BCUT2D eigenvalue weighted by atomic mass is 10.1. The van der Waals surface area contributed by atoms with Crippen molar-refractivity contribution in [2.45, 2.75) is 32.3 Å². The van der Waals surface area contributed by atoms with Crippen molar-refractivity contribution in [3.05, 3.63) is 23.2 Å². The second-order valence-corrected chi connectivity index (χ2v) is 4.85. The molecule has 0 radical (unpaired) electrons. The van der Waals surface area contributed by atoms with E-state index in [-0.39, 0.29) is 0 Å². The van der Waals surface area contributed by atoms with Gasteiger partial charge < -0.3 is 4.74 Å². The van der Waals surface area contributed by atoms with Crippen LogP contribution in [0.1, 0.15) is 25.3 Å². The number of aryl methyl sites for hydroxylation is 1. The number of rotatable bonds is 3. The molecule has 1 fully saturated rings. The average molecular weight is 219 g/mol. The van der Waals surface area contributed by atoms with Crippen molar-refractivity contribution in [3.8, 4) is 5.75 Å². The summed E-state index contributed by atoms with van der Waals surface area (Å²) in [5.41, 5.74) is 4.26. The lowest BCUT2D eigenvalue weighted by Gasteiger charge is -2.07. The predicted molar refractivity (Wildman–Crippen MR) is 62.6 cm³/mol. The Balaban J connectivity index is 2.09. The van der Waals surface area contributed by atoms with Crippen LogP contribution >= 0.6 is 11.3 Å². The van der Waals surface area contributed by atoms with Gasteiger partial charge in [0.25, 0.3) is 0 Å². The zero-order valence-corrected chi connectivity index (χ0v) is 9.51. The first kappa shape index (κ1) is 9.16. The molecule has 1 aromatic heterocycles. The predicted octanol–water partition coefficient (Wildman–Crippen LogP) is 3.40. The summed E-state index contributed by atoms with van der Waals surface area (Å²) >= 11 is 1.69. The normalized spacial score (nSPS) is 15.8. The summed E-state index contributed by atoms with van der Waals surface area (Å²) in [4.78, 5) is 4.37. The zero-order valence-electron chi connectivity index (χ0n) is 8.69. The van der Waals surface area contributed by atoms with Gasteiger partial charge in [-0.05, 0) is 37.0 Å². The monoisotopic (exact) mass is 219 g/mol. The molecule has 0 amide bonds. The van der Waals surface area contributed by atoms with Crippen LogP contribution in [-0.2, 0) is 6.42 Å². The van der Waals surface area contributed by atoms with Gasteiger partial charge in [0.15, 0.2) is 0 Å². The second-order valence-electron chi connectivity index (χ2n) is 3.96. The molecule has 1 aliphatic rings. The summed E-state index contributed by atoms with van der Waals surface area (Å²) in [6, 6.07) is 4.35. The van der Waals surface area contributed by atoms with Crippen LogP contribution in [0.2, 0.25) is 0 Å². The van der Waals surface area contributed by atoms with Gasteiger partial charge in [0, 0.05) is 0 Å². The first-order chi connectivity index (χ1) is 7.36. The van der Waals surface area contributed by atoms with E-state index in [1.807, 2.05) is 5.51 Å². The lowest BCUT2D eigenvalue weighted by molar-refractivity contribution is 0.306. The minimum atomic E-state index is 0.446. The van der Waals surface area contributed by atoms with Crippen molar-refractivity contribution >= 4 is 21.6 Å². The maximum atomic E-state index is 5.88. The van der Waals surface area contributed by atoms with Gasteiger partial charge in [-0.1, -0.05) is 6.92 Å². The molecule has 0 bridgehead atoms. The third kappa shape index (κ3) is 1.72. The smallest absolute Gasteiger partial charge is 0.147 e. The Morgan fingerprint density at radius 1 is 1.47 bits per heavy atom. The highest BCUT2D eigenvalue weighted by Crippen LogP contribution is 2.34. The van der Waals surface area contributed by atoms with E-state index in [2.05, 4.69) is 24.0 Å². The molecule has 15 heavy (non-hydrogen) atoms. The van der Waals surface area contributed by atoms with Crippen LogP contribution in [0.3, 0.4) is 0 Å². The summed E-state index contributed by atoms with van der Waals surface area (Å²) in [5, 5.41) is 0. The molecule has 3 heteroatoms. The fourth-order valence-corrected chi connectivity index (χ4v) is 2.40. The first-order valence-electron chi connectivity index (χ1n) is 5.39. The number of aromatic nitrogens is 1. The molecule has 0 N–H and O–H groups in total. The molecule has 1 saturated carbocycles. The molecule has 78 valence electrons. The van der Waals surface area contributed by atoms with Gasteiger partial charge in [-0.3, -0.25) is 0 Å². The summed E-state index contributed by atoms with van der Waals surface area (Å²) in [6.07, 6.45) is 3.89. The van der Waals surface area contributed by atoms with Gasteiger partial charge >= 0.3 is 0 Å². The standard InChI is InChI=1S/C12H13NOS/c1-2-8-5-10(14-9-3-4-9)12-11(6-8)15-7-13-12/h5-7,9H,2-4H2,1H3. The Hall–Kier alpha value is -1.09. The number of hydrogen-bond donors (Lipinski definition) is 0. The molecule has 1 aromatic carbocycles. The van der Waals surface area contributed by atoms with E-state index in [0.717, 1.165) is 17.7 Å². The van der Waals surface area contributed by atoms with Gasteiger partial charge in [0.2, 0.25) is 0 Å². The van der Waals surface area contributed by atoms with Gasteiger partial charge in [-0.15, -0.1) is 11.3 Å². The van der Waals surface area contributed by atoms with Crippen LogP contribution in [-0.4, -0.2) is 11.1 Å². The zero-order chi connectivity index (χ0) is 10.3. The van der Waals surface area contributed by atoms with E-state index in [1.165, 1.54) is 23.1 Å². The molecule has 0 aliphatic heterocycles. The molecule has 0 unspecified atom stereocenters. The largest absolute Gasteiger partial charge is 0.488 e. The SMILES string of the molecule is CCc1cc(OC2CC2)c2ncsc2c1. The number of fused-ring (bicyclic) bond motifs is 1. The number of nitrogens with zero attached hydrogens (tertiary/aromatic N) is 1. The number of benzene rings is 1. The Kier molecular flexibility index (Phi) is 2.13. The van der Waals surface area contributed by atoms with Crippen molar-refractivity contribution in [1.82, 2.24) is 4.98 Å². The van der Waals surface area contributed by atoms with Gasteiger partial charge in [-0.2, -0.15) is 0 Å². The maximum absolute atomic E-state index is 5.88. The molecular formula is C12H13NOS.